The minimum absolute atomic E-state index is 0.0874. The van der Waals surface area contributed by atoms with E-state index < -0.39 is 18.1 Å². The summed E-state index contributed by atoms with van der Waals surface area (Å²) in [6.07, 6.45) is 0.306. The third-order valence-corrected chi connectivity index (χ3v) is 4.19. The van der Waals surface area contributed by atoms with Crippen LogP contribution in [0.3, 0.4) is 0 Å². The summed E-state index contributed by atoms with van der Waals surface area (Å²) in [7, 11) is 1.30. The van der Waals surface area contributed by atoms with E-state index in [0.29, 0.717) is 6.42 Å². The second kappa shape index (κ2) is 4.90. The van der Waals surface area contributed by atoms with Gasteiger partial charge in [-0.05, 0) is 17.5 Å². The Labute approximate surface area is 117 Å². The maximum atomic E-state index is 12.6. The van der Waals surface area contributed by atoms with E-state index in [4.69, 9.17) is 4.74 Å². The van der Waals surface area contributed by atoms with E-state index >= 15 is 0 Å². The van der Waals surface area contributed by atoms with Crippen molar-refractivity contribution in [1.82, 2.24) is 4.90 Å². The van der Waals surface area contributed by atoms with Crippen LogP contribution in [0.15, 0.2) is 24.3 Å². The SMILES string of the molecule is COC(=O)C1CC(O)CN1C(=O)C1Cc2ccccc21. The number of aliphatic hydroxyl groups excluding tert-OH is 1. The molecular weight excluding hydrogens is 258 g/mol. The highest BCUT2D eigenvalue weighted by Gasteiger charge is 2.44. The Morgan fingerprint density at radius 3 is 2.80 bits per heavy atom. The van der Waals surface area contributed by atoms with E-state index in [1.165, 1.54) is 17.6 Å². The second-order valence-corrected chi connectivity index (χ2v) is 5.37. The normalized spacial score (nSPS) is 27.7. The molecule has 1 heterocycles. The van der Waals surface area contributed by atoms with Crippen LogP contribution in [0.2, 0.25) is 0 Å². The fraction of sp³-hybridized carbons (Fsp3) is 0.467. The molecule has 106 valence electrons. The van der Waals surface area contributed by atoms with Gasteiger partial charge < -0.3 is 14.7 Å². The number of ether oxygens (including phenoxy) is 1. The van der Waals surface area contributed by atoms with Crippen LogP contribution in [0.5, 0.6) is 0 Å². The molecule has 1 fully saturated rings. The number of esters is 1. The Balaban J connectivity index is 1.79. The number of amides is 1. The van der Waals surface area contributed by atoms with Crippen LogP contribution < -0.4 is 0 Å². The van der Waals surface area contributed by atoms with Crippen molar-refractivity contribution < 1.29 is 19.4 Å². The molecule has 1 aliphatic carbocycles. The monoisotopic (exact) mass is 275 g/mol. The molecule has 5 nitrogen and oxygen atoms in total. The number of likely N-dealkylation sites (tertiary alicyclic amines) is 1. The van der Waals surface area contributed by atoms with Crippen LogP contribution in [0, 0.1) is 0 Å². The minimum Gasteiger partial charge on any atom is -0.467 e. The van der Waals surface area contributed by atoms with Gasteiger partial charge in [-0.15, -0.1) is 0 Å². The van der Waals surface area contributed by atoms with Crippen molar-refractivity contribution in [2.45, 2.75) is 30.9 Å². The van der Waals surface area contributed by atoms with Gasteiger partial charge in [0, 0.05) is 13.0 Å². The lowest BCUT2D eigenvalue weighted by Gasteiger charge is -2.34. The fourth-order valence-electron chi connectivity index (χ4n) is 3.10. The van der Waals surface area contributed by atoms with Crippen molar-refractivity contribution in [2.24, 2.45) is 0 Å². The number of methoxy groups -OCH3 is 1. The lowest BCUT2D eigenvalue weighted by Crippen LogP contribution is -2.45. The Morgan fingerprint density at radius 2 is 2.10 bits per heavy atom. The van der Waals surface area contributed by atoms with Crippen LogP contribution in [0.25, 0.3) is 0 Å². The summed E-state index contributed by atoms with van der Waals surface area (Å²) in [5.41, 5.74) is 2.21. The number of hydrogen-bond acceptors (Lipinski definition) is 4. The predicted octanol–water partition coefficient (Wildman–Crippen LogP) is 0.461. The van der Waals surface area contributed by atoms with Gasteiger partial charge in [0.15, 0.2) is 0 Å². The number of nitrogens with zero attached hydrogens (tertiary/aromatic N) is 1. The summed E-state index contributed by atoms with van der Waals surface area (Å²) in [5.74, 6) is -0.734. The lowest BCUT2D eigenvalue weighted by molar-refractivity contribution is -0.151. The maximum absolute atomic E-state index is 12.6. The Morgan fingerprint density at radius 1 is 1.35 bits per heavy atom. The minimum atomic E-state index is -0.657. The van der Waals surface area contributed by atoms with Crippen molar-refractivity contribution in [3.63, 3.8) is 0 Å². The molecule has 1 amide bonds. The van der Waals surface area contributed by atoms with Crippen LogP contribution in [0.1, 0.15) is 23.5 Å². The summed E-state index contributed by atoms with van der Waals surface area (Å²) in [4.78, 5) is 25.8. The zero-order valence-corrected chi connectivity index (χ0v) is 11.3. The van der Waals surface area contributed by atoms with E-state index in [2.05, 4.69) is 0 Å². The van der Waals surface area contributed by atoms with Gasteiger partial charge in [0.2, 0.25) is 5.91 Å². The third-order valence-electron chi connectivity index (χ3n) is 4.19. The van der Waals surface area contributed by atoms with Crippen molar-refractivity contribution in [3.05, 3.63) is 35.4 Å². The average molecular weight is 275 g/mol. The molecule has 3 unspecified atom stereocenters. The first-order valence-electron chi connectivity index (χ1n) is 6.76. The van der Waals surface area contributed by atoms with Crippen molar-refractivity contribution in [2.75, 3.05) is 13.7 Å². The van der Waals surface area contributed by atoms with E-state index in [1.54, 1.807) is 0 Å². The number of β-amino-alcohol motifs (C(OH)–C–C–N with tert-alkyl or cyclic N) is 1. The molecule has 0 radical (unpaired) electrons. The molecule has 20 heavy (non-hydrogen) atoms. The quantitative estimate of drug-likeness (QED) is 0.796. The van der Waals surface area contributed by atoms with Crippen molar-refractivity contribution in [1.29, 1.82) is 0 Å². The smallest absolute Gasteiger partial charge is 0.328 e. The van der Waals surface area contributed by atoms with E-state index in [1.807, 2.05) is 24.3 Å². The summed E-state index contributed by atoms with van der Waals surface area (Å²) < 4.78 is 4.72. The molecule has 3 atom stereocenters. The first-order valence-corrected chi connectivity index (χ1v) is 6.76. The van der Waals surface area contributed by atoms with Crippen LogP contribution in [-0.2, 0) is 20.7 Å². The molecule has 2 aliphatic rings. The first kappa shape index (κ1) is 13.1. The van der Waals surface area contributed by atoms with Crippen molar-refractivity contribution in [3.8, 4) is 0 Å². The standard InChI is InChI=1S/C15H17NO4/c1-20-15(19)13-7-10(17)8-16(13)14(18)12-6-9-4-2-3-5-11(9)12/h2-5,10,12-13,17H,6-8H2,1H3. The molecule has 1 aromatic rings. The molecule has 3 rings (SSSR count). The molecule has 0 aromatic heterocycles. The number of fused-ring (bicyclic) bond motifs is 1. The molecule has 0 bridgehead atoms. The first-order chi connectivity index (χ1) is 9.61. The van der Waals surface area contributed by atoms with Gasteiger partial charge in [-0.25, -0.2) is 4.79 Å². The van der Waals surface area contributed by atoms with Gasteiger partial charge in [-0.2, -0.15) is 0 Å². The molecule has 5 heteroatoms. The molecule has 1 saturated heterocycles. The summed E-state index contributed by atoms with van der Waals surface area (Å²) in [6.45, 7) is 0.206. The average Bonchev–Trinajstić information content (AvgIpc) is 2.81. The fourth-order valence-corrected chi connectivity index (χ4v) is 3.10. The van der Waals surface area contributed by atoms with Crippen molar-refractivity contribution >= 4 is 11.9 Å². The number of hydrogen-bond donors (Lipinski definition) is 1. The molecule has 1 aromatic carbocycles. The summed E-state index contributed by atoms with van der Waals surface area (Å²) in [5, 5.41) is 9.73. The Kier molecular flexibility index (Phi) is 3.22. The zero-order valence-electron chi connectivity index (χ0n) is 11.3. The summed E-state index contributed by atoms with van der Waals surface area (Å²) >= 11 is 0. The molecule has 0 spiro atoms. The third kappa shape index (κ3) is 1.98. The van der Waals surface area contributed by atoms with Gasteiger partial charge in [-0.3, -0.25) is 4.79 Å². The van der Waals surface area contributed by atoms with Crippen LogP contribution >= 0.6 is 0 Å². The van der Waals surface area contributed by atoms with E-state index in [0.717, 1.165) is 5.56 Å². The lowest BCUT2D eigenvalue weighted by atomic mass is 9.77. The summed E-state index contributed by atoms with van der Waals surface area (Å²) in [6, 6.07) is 7.16. The Bertz CT molecular complexity index is 557. The van der Waals surface area contributed by atoms with Crippen LogP contribution in [0.4, 0.5) is 0 Å². The topological polar surface area (TPSA) is 66.8 Å². The van der Waals surface area contributed by atoms with Crippen LogP contribution in [-0.4, -0.2) is 47.7 Å². The number of carbonyl (C=O) groups excluding carboxylic acids is 2. The predicted molar refractivity (Wildman–Crippen MR) is 71.0 cm³/mol. The highest BCUT2D eigenvalue weighted by molar-refractivity contribution is 5.91. The van der Waals surface area contributed by atoms with E-state index in [-0.39, 0.29) is 24.8 Å². The number of benzene rings is 1. The highest BCUT2D eigenvalue weighted by Crippen LogP contribution is 2.37. The van der Waals surface area contributed by atoms with Gasteiger partial charge in [0.05, 0.1) is 19.1 Å². The molecule has 1 N–H and O–H groups in total. The van der Waals surface area contributed by atoms with Gasteiger partial charge in [0.25, 0.3) is 0 Å². The second-order valence-electron chi connectivity index (χ2n) is 5.37. The Hall–Kier alpha value is -1.88. The van der Waals surface area contributed by atoms with Gasteiger partial charge in [0.1, 0.15) is 6.04 Å². The maximum Gasteiger partial charge on any atom is 0.328 e. The molecular formula is C15H17NO4. The van der Waals surface area contributed by atoms with E-state index in [9.17, 15) is 14.7 Å². The number of aliphatic hydroxyl groups is 1. The van der Waals surface area contributed by atoms with Gasteiger partial charge >= 0.3 is 5.97 Å². The number of rotatable bonds is 2. The highest BCUT2D eigenvalue weighted by atomic mass is 16.5. The zero-order chi connectivity index (χ0) is 14.3. The molecule has 0 saturated carbocycles. The molecule has 1 aliphatic heterocycles. The van der Waals surface area contributed by atoms with Gasteiger partial charge in [-0.1, -0.05) is 24.3 Å². The number of carbonyl (C=O) groups is 2. The largest absolute Gasteiger partial charge is 0.467 e.